The molecule has 2 nitrogen and oxygen atoms in total. The molecule has 0 aliphatic rings. The standard InChI is InChI=1S/C22H22N2S/c23-13-20(12-19-15-25-22-8-4-3-7-21(19)22)24-14-16-9-10-17-5-1-2-6-18(17)11-16/h1-11,15,20,24H,12-14,23H2. The van der Waals surface area contributed by atoms with Gasteiger partial charge in [-0.15, -0.1) is 11.3 Å². The summed E-state index contributed by atoms with van der Waals surface area (Å²) in [4.78, 5) is 0. The zero-order valence-corrected chi connectivity index (χ0v) is 14.9. The molecule has 3 heteroatoms. The molecule has 3 N–H and O–H groups in total. The Labute approximate surface area is 152 Å². The summed E-state index contributed by atoms with van der Waals surface area (Å²) >= 11 is 1.81. The first-order valence-corrected chi connectivity index (χ1v) is 9.57. The minimum absolute atomic E-state index is 0.282. The summed E-state index contributed by atoms with van der Waals surface area (Å²) in [6.07, 6.45) is 0.966. The predicted octanol–water partition coefficient (Wildman–Crippen LogP) is 4.71. The van der Waals surface area contributed by atoms with E-state index in [0.29, 0.717) is 6.54 Å². The molecule has 1 heterocycles. The van der Waals surface area contributed by atoms with Crippen LogP contribution in [0, 0.1) is 0 Å². The monoisotopic (exact) mass is 346 g/mol. The van der Waals surface area contributed by atoms with E-state index in [-0.39, 0.29) is 6.04 Å². The Bertz CT molecular complexity index is 989. The van der Waals surface area contributed by atoms with E-state index in [9.17, 15) is 0 Å². The van der Waals surface area contributed by atoms with Gasteiger partial charge in [-0.25, -0.2) is 0 Å². The highest BCUT2D eigenvalue weighted by molar-refractivity contribution is 7.17. The van der Waals surface area contributed by atoms with Crippen molar-refractivity contribution in [2.75, 3.05) is 6.54 Å². The van der Waals surface area contributed by atoms with Gasteiger partial charge in [0.05, 0.1) is 0 Å². The largest absolute Gasteiger partial charge is 0.329 e. The van der Waals surface area contributed by atoms with E-state index >= 15 is 0 Å². The van der Waals surface area contributed by atoms with Crippen LogP contribution in [0.15, 0.2) is 72.1 Å². The summed E-state index contributed by atoms with van der Waals surface area (Å²) < 4.78 is 1.35. The Hall–Kier alpha value is -2.20. The molecule has 0 saturated carbocycles. The minimum atomic E-state index is 0.282. The van der Waals surface area contributed by atoms with Crippen LogP contribution in [-0.4, -0.2) is 12.6 Å². The van der Waals surface area contributed by atoms with Gasteiger partial charge in [0.15, 0.2) is 0 Å². The average Bonchev–Trinajstić information content (AvgIpc) is 3.08. The molecule has 0 fully saturated rings. The van der Waals surface area contributed by atoms with Crippen LogP contribution >= 0.6 is 11.3 Å². The maximum atomic E-state index is 6.03. The minimum Gasteiger partial charge on any atom is -0.329 e. The first-order chi connectivity index (χ1) is 12.3. The predicted molar refractivity (Wildman–Crippen MR) is 109 cm³/mol. The van der Waals surface area contributed by atoms with Gasteiger partial charge in [0, 0.05) is 23.8 Å². The number of nitrogens with one attached hydrogen (secondary N) is 1. The second kappa shape index (κ2) is 7.36. The van der Waals surface area contributed by atoms with Crippen molar-refractivity contribution in [3.8, 4) is 0 Å². The van der Waals surface area contributed by atoms with E-state index in [2.05, 4.69) is 77.4 Å². The van der Waals surface area contributed by atoms with Gasteiger partial charge in [-0.3, -0.25) is 0 Å². The van der Waals surface area contributed by atoms with E-state index in [1.807, 2.05) is 11.3 Å². The molecule has 3 aromatic carbocycles. The molecule has 0 aliphatic carbocycles. The van der Waals surface area contributed by atoms with Crippen LogP contribution in [-0.2, 0) is 13.0 Å². The number of nitrogens with two attached hydrogens (primary N) is 1. The first kappa shape index (κ1) is 16.3. The molecule has 126 valence electrons. The molecular weight excluding hydrogens is 324 g/mol. The lowest BCUT2D eigenvalue weighted by Gasteiger charge is -2.17. The molecule has 4 rings (SSSR count). The maximum Gasteiger partial charge on any atom is 0.0345 e. The highest BCUT2D eigenvalue weighted by atomic mass is 32.1. The van der Waals surface area contributed by atoms with Gasteiger partial charge in [0.25, 0.3) is 0 Å². The Morgan fingerprint density at radius 2 is 1.72 bits per heavy atom. The molecule has 1 aromatic heterocycles. The first-order valence-electron chi connectivity index (χ1n) is 8.70. The van der Waals surface area contributed by atoms with Crippen molar-refractivity contribution >= 4 is 32.2 Å². The fraction of sp³-hybridized carbons (Fsp3) is 0.182. The summed E-state index contributed by atoms with van der Waals surface area (Å²) in [6, 6.07) is 24.0. The molecule has 0 radical (unpaired) electrons. The normalized spacial score (nSPS) is 12.7. The smallest absolute Gasteiger partial charge is 0.0345 e. The van der Waals surface area contributed by atoms with Gasteiger partial charge in [-0.1, -0.05) is 54.6 Å². The van der Waals surface area contributed by atoms with Crippen LogP contribution < -0.4 is 11.1 Å². The Kier molecular flexibility index (Phi) is 4.79. The zero-order valence-electron chi connectivity index (χ0n) is 14.1. The van der Waals surface area contributed by atoms with Crippen molar-refractivity contribution < 1.29 is 0 Å². The van der Waals surface area contributed by atoms with Crippen LogP contribution in [0.2, 0.25) is 0 Å². The summed E-state index contributed by atoms with van der Waals surface area (Å²) in [6.45, 7) is 1.48. The van der Waals surface area contributed by atoms with E-state index in [0.717, 1.165) is 13.0 Å². The molecule has 4 aromatic rings. The number of fused-ring (bicyclic) bond motifs is 2. The van der Waals surface area contributed by atoms with Gasteiger partial charge in [0.2, 0.25) is 0 Å². The lowest BCUT2D eigenvalue weighted by molar-refractivity contribution is 0.517. The molecule has 1 unspecified atom stereocenters. The van der Waals surface area contributed by atoms with Crippen molar-refractivity contribution in [2.45, 2.75) is 19.0 Å². The van der Waals surface area contributed by atoms with E-state index in [1.165, 1.54) is 32.0 Å². The molecule has 0 amide bonds. The Morgan fingerprint density at radius 3 is 2.60 bits per heavy atom. The molecule has 0 aliphatic heterocycles. The summed E-state index contributed by atoms with van der Waals surface area (Å²) in [5.74, 6) is 0. The summed E-state index contributed by atoms with van der Waals surface area (Å²) in [5, 5.41) is 9.83. The molecule has 0 spiro atoms. The van der Waals surface area contributed by atoms with Crippen molar-refractivity contribution in [3.63, 3.8) is 0 Å². The van der Waals surface area contributed by atoms with Crippen LogP contribution in [0.4, 0.5) is 0 Å². The number of benzene rings is 3. The maximum absolute atomic E-state index is 6.03. The third kappa shape index (κ3) is 3.59. The SMILES string of the molecule is NCC(Cc1csc2ccccc12)NCc1ccc2ccccc2c1. The van der Waals surface area contributed by atoms with Gasteiger partial charge >= 0.3 is 0 Å². The van der Waals surface area contributed by atoms with Crippen LogP contribution in [0.25, 0.3) is 20.9 Å². The second-order valence-electron chi connectivity index (χ2n) is 6.46. The van der Waals surface area contributed by atoms with Crippen molar-refractivity contribution in [1.29, 1.82) is 0 Å². The fourth-order valence-electron chi connectivity index (χ4n) is 3.31. The van der Waals surface area contributed by atoms with Crippen molar-refractivity contribution in [3.05, 3.63) is 83.2 Å². The number of rotatable bonds is 6. The second-order valence-corrected chi connectivity index (χ2v) is 7.37. The van der Waals surface area contributed by atoms with Crippen LogP contribution in [0.5, 0.6) is 0 Å². The van der Waals surface area contributed by atoms with Crippen molar-refractivity contribution in [2.24, 2.45) is 5.73 Å². The lowest BCUT2D eigenvalue weighted by Crippen LogP contribution is -2.37. The summed E-state index contributed by atoms with van der Waals surface area (Å²) in [7, 11) is 0. The number of thiophene rings is 1. The molecule has 1 atom stereocenters. The highest BCUT2D eigenvalue weighted by Gasteiger charge is 2.11. The Balaban J connectivity index is 1.46. The lowest BCUT2D eigenvalue weighted by atomic mass is 10.0. The highest BCUT2D eigenvalue weighted by Crippen LogP contribution is 2.26. The Morgan fingerprint density at radius 1 is 0.920 bits per heavy atom. The zero-order chi connectivity index (χ0) is 17.1. The van der Waals surface area contributed by atoms with Crippen LogP contribution in [0.1, 0.15) is 11.1 Å². The van der Waals surface area contributed by atoms with Gasteiger partial charge in [-0.05, 0) is 51.2 Å². The van der Waals surface area contributed by atoms with Gasteiger partial charge < -0.3 is 11.1 Å². The van der Waals surface area contributed by atoms with E-state index in [4.69, 9.17) is 5.73 Å². The third-order valence-electron chi connectivity index (χ3n) is 4.72. The van der Waals surface area contributed by atoms with Gasteiger partial charge in [0.1, 0.15) is 0 Å². The van der Waals surface area contributed by atoms with Crippen LogP contribution in [0.3, 0.4) is 0 Å². The fourth-order valence-corrected chi connectivity index (χ4v) is 4.28. The molecule has 0 bridgehead atoms. The topological polar surface area (TPSA) is 38.0 Å². The van der Waals surface area contributed by atoms with E-state index in [1.54, 1.807) is 0 Å². The average molecular weight is 346 g/mol. The summed E-state index contributed by atoms with van der Waals surface area (Å²) in [5.41, 5.74) is 8.72. The quantitative estimate of drug-likeness (QED) is 0.530. The third-order valence-corrected chi connectivity index (χ3v) is 5.73. The number of hydrogen-bond acceptors (Lipinski definition) is 3. The molecular formula is C22H22N2S. The van der Waals surface area contributed by atoms with E-state index < -0.39 is 0 Å². The molecule has 0 saturated heterocycles. The number of hydrogen-bond donors (Lipinski definition) is 2. The van der Waals surface area contributed by atoms with Crippen molar-refractivity contribution in [1.82, 2.24) is 5.32 Å². The molecule has 25 heavy (non-hydrogen) atoms. The van der Waals surface area contributed by atoms with Gasteiger partial charge in [-0.2, -0.15) is 0 Å².